The summed E-state index contributed by atoms with van der Waals surface area (Å²) in [4.78, 5) is 10.5. The lowest BCUT2D eigenvalue weighted by atomic mass is 10.1. The highest BCUT2D eigenvalue weighted by Gasteiger charge is 2.10. The van der Waals surface area contributed by atoms with Gasteiger partial charge in [-0.2, -0.15) is 0 Å². The van der Waals surface area contributed by atoms with Crippen LogP contribution in [-0.4, -0.2) is 41.0 Å². The second-order valence-electron chi connectivity index (χ2n) is 4.25. The minimum atomic E-state index is 0.473. The van der Waals surface area contributed by atoms with Crippen molar-refractivity contribution in [2.24, 2.45) is 0 Å². The molecule has 1 aromatic rings. The van der Waals surface area contributed by atoms with Gasteiger partial charge in [-0.3, -0.25) is 0 Å². The zero-order chi connectivity index (χ0) is 12.1. The highest BCUT2D eigenvalue weighted by molar-refractivity contribution is 9.10. The summed E-state index contributed by atoms with van der Waals surface area (Å²) in [6.45, 7) is 4.37. The molecule has 6 heteroatoms. The third-order valence-electron chi connectivity index (χ3n) is 2.99. The average Bonchev–Trinajstić information content (AvgIpc) is 2.36. The minimum Gasteiger partial charge on any atom is -0.383 e. The lowest BCUT2D eigenvalue weighted by molar-refractivity contribution is 0.237. The number of nitrogens with one attached hydrogen (secondary N) is 1. The molecular weight excluding hydrogens is 282 g/mol. The van der Waals surface area contributed by atoms with E-state index in [0.29, 0.717) is 5.82 Å². The van der Waals surface area contributed by atoms with Crippen molar-refractivity contribution in [3.05, 3.63) is 10.8 Å². The molecule has 17 heavy (non-hydrogen) atoms. The molecule has 2 heterocycles. The van der Waals surface area contributed by atoms with E-state index in [1.165, 1.54) is 38.7 Å². The molecule has 1 aliphatic heterocycles. The molecule has 94 valence electrons. The van der Waals surface area contributed by atoms with Crippen molar-refractivity contribution in [3.8, 4) is 0 Å². The van der Waals surface area contributed by atoms with Crippen molar-refractivity contribution < 1.29 is 0 Å². The van der Waals surface area contributed by atoms with Gasteiger partial charge in [0.1, 0.15) is 22.4 Å². The Kier molecular flexibility index (Phi) is 4.56. The normalized spacial score (nSPS) is 17.0. The van der Waals surface area contributed by atoms with Gasteiger partial charge in [-0.25, -0.2) is 9.97 Å². The smallest absolute Gasteiger partial charge is 0.145 e. The number of nitrogen functional groups attached to an aromatic ring is 1. The molecular formula is C11H18BrN5. The van der Waals surface area contributed by atoms with Gasteiger partial charge in [0, 0.05) is 13.1 Å². The largest absolute Gasteiger partial charge is 0.383 e. The summed E-state index contributed by atoms with van der Waals surface area (Å²) >= 11 is 3.38. The van der Waals surface area contributed by atoms with E-state index in [0.717, 1.165) is 23.4 Å². The molecule has 1 aromatic heterocycles. The summed E-state index contributed by atoms with van der Waals surface area (Å²) in [6.07, 6.45) is 5.50. The van der Waals surface area contributed by atoms with Crippen LogP contribution < -0.4 is 11.1 Å². The van der Waals surface area contributed by atoms with E-state index < -0.39 is 0 Å². The fourth-order valence-corrected chi connectivity index (χ4v) is 2.37. The molecule has 1 fully saturated rings. The summed E-state index contributed by atoms with van der Waals surface area (Å²) in [5, 5.41) is 3.28. The van der Waals surface area contributed by atoms with Gasteiger partial charge >= 0.3 is 0 Å². The third kappa shape index (κ3) is 3.54. The van der Waals surface area contributed by atoms with Crippen LogP contribution in [0.15, 0.2) is 10.8 Å². The van der Waals surface area contributed by atoms with Crippen LogP contribution in [0.25, 0.3) is 0 Å². The summed E-state index contributed by atoms with van der Waals surface area (Å²) in [5.41, 5.74) is 5.69. The molecule has 0 bridgehead atoms. The number of nitrogens with zero attached hydrogens (tertiary/aromatic N) is 3. The standard InChI is InChI=1S/C11H18BrN5/c12-9-10(13)15-8-16-11(9)14-4-7-17-5-2-1-3-6-17/h8H,1-7H2,(H3,13,14,15,16). The molecule has 0 amide bonds. The van der Waals surface area contributed by atoms with Gasteiger partial charge < -0.3 is 16.0 Å². The van der Waals surface area contributed by atoms with Gasteiger partial charge in [-0.1, -0.05) is 6.42 Å². The predicted octanol–water partition coefficient (Wildman–Crippen LogP) is 1.72. The molecule has 3 N–H and O–H groups in total. The molecule has 5 nitrogen and oxygen atoms in total. The molecule has 0 saturated carbocycles. The number of aromatic nitrogens is 2. The van der Waals surface area contributed by atoms with E-state index in [9.17, 15) is 0 Å². The maximum absolute atomic E-state index is 5.69. The maximum Gasteiger partial charge on any atom is 0.145 e. The van der Waals surface area contributed by atoms with E-state index in [4.69, 9.17) is 5.73 Å². The van der Waals surface area contributed by atoms with Gasteiger partial charge in [0.15, 0.2) is 0 Å². The number of piperidine rings is 1. The zero-order valence-corrected chi connectivity index (χ0v) is 11.4. The predicted molar refractivity (Wildman–Crippen MR) is 72.9 cm³/mol. The van der Waals surface area contributed by atoms with E-state index in [1.807, 2.05) is 0 Å². The molecule has 0 atom stereocenters. The lowest BCUT2D eigenvalue weighted by Crippen LogP contribution is -2.33. The quantitative estimate of drug-likeness (QED) is 0.886. The van der Waals surface area contributed by atoms with Gasteiger partial charge in [0.25, 0.3) is 0 Å². The van der Waals surface area contributed by atoms with Crippen molar-refractivity contribution in [1.29, 1.82) is 0 Å². The number of likely N-dealkylation sites (tertiary alicyclic amines) is 1. The molecule has 0 radical (unpaired) electrons. The number of hydrogen-bond donors (Lipinski definition) is 2. The number of hydrogen-bond acceptors (Lipinski definition) is 5. The second-order valence-corrected chi connectivity index (χ2v) is 5.04. The van der Waals surface area contributed by atoms with E-state index in [2.05, 4.69) is 36.1 Å². The van der Waals surface area contributed by atoms with Crippen LogP contribution in [-0.2, 0) is 0 Å². The van der Waals surface area contributed by atoms with Gasteiger partial charge in [-0.05, 0) is 41.9 Å². The van der Waals surface area contributed by atoms with Crippen LogP contribution >= 0.6 is 15.9 Å². The van der Waals surface area contributed by atoms with E-state index in [1.54, 1.807) is 0 Å². The van der Waals surface area contributed by atoms with Crippen LogP contribution in [0.2, 0.25) is 0 Å². The summed E-state index contributed by atoms with van der Waals surface area (Å²) in [6, 6.07) is 0. The summed E-state index contributed by atoms with van der Waals surface area (Å²) < 4.78 is 0.749. The van der Waals surface area contributed by atoms with Crippen molar-refractivity contribution in [2.45, 2.75) is 19.3 Å². The van der Waals surface area contributed by atoms with Crippen molar-refractivity contribution >= 4 is 27.6 Å². The fourth-order valence-electron chi connectivity index (χ4n) is 2.02. The Morgan fingerprint density at radius 3 is 2.82 bits per heavy atom. The molecule has 0 aromatic carbocycles. The number of halogens is 1. The Labute approximate surface area is 110 Å². The highest BCUT2D eigenvalue weighted by atomic mass is 79.9. The Bertz CT molecular complexity index is 365. The lowest BCUT2D eigenvalue weighted by Gasteiger charge is -2.26. The van der Waals surface area contributed by atoms with Gasteiger partial charge in [-0.15, -0.1) is 0 Å². The minimum absolute atomic E-state index is 0.473. The first-order chi connectivity index (χ1) is 8.27. The maximum atomic E-state index is 5.69. The Morgan fingerprint density at radius 2 is 2.06 bits per heavy atom. The summed E-state index contributed by atoms with van der Waals surface area (Å²) in [7, 11) is 0. The van der Waals surface area contributed by atoms with Crippen LogP contribution in [0.4, 0.5) is 11.6 Å². The topological polar surface area (TPSA) is 67.1 Å². The van der Waals surface area contributed by atoms with Crippen LogP contribution in [0.5, 0.6) is 0 Å². The van der Waals surface area contributed by atoms with E-state index in [-0.39, 0.29) is 0 Å². The molecule has 0 spiro atoms. The zero-order valence-electron chi connectivity index (χ0n) is 9.82. The highest BCUT2D eigenvalue weighted by Crippen LogP contribution is 2.23. The SMILES string of the molecule is Nc1ncnc(NCCN2CCCCC2)c1Br. The van der Waals surface area contributed by atoms with Crippen molar-refractivity contribution in [1.82, 2.24) is 14.9 Å². The van der Waals surface area contributed by atoms with Crippen LogP contribution in [0, 0.1) is 0 Å². The number of rotatable bonds is 4. The van der Waals surface area contributed by atoms with Gasteiger partial charge in [0.05, 0.1) is 0 Å². The third-order valence-corrected chi connectivity index (χ3v) is 3.77. The monoisotopic (exact) mass is 299 g/mol. The molecule has 1 aliphatic rings. The summed E-state index contributed by atoms with van der Waals surface area (Å²) in [5.74, 6) is 1.25. The van der Waals surface area contributed by atoms with Crippen molar-refractivity contribution in [2.75, 3.05) is 37.2 Å². The second kappa shape index (κ2) is 6.16. The van der Waals surface area contributed by atoms with E-state index >= 15 is 0 Å². The molecule has 1 saturated heterocycles. The van der Waals surface area contributed by atoms with Crippen molar-refractivity contribution in [3.63, 3.8) is 0 Å². The number of anilines is 2. The Morgan fingerprint density at radius 1 is 1.29 bits per heavy atom. The number of nitrogens with two attached hydrogens (primary N) is 1. The first-order valence-electron chi connectivity index (χ1n) is 5.99. The first kappa shape index (κ1) is 12.6. The Hall–Kier alpha value is -0.880. The van der Waals surface area contributed by atoms with Crippen LogP contribution in [0.3, 0.4) is 0 Å². The Balaban J connectivity index is 1.79. The molecule has 0 aliphatic carbocycles. The fraction of sp³-hybridized carbons (Fsp3) is 0.636. The first-order valence-corrected chi connectivity index (χ1v) is 6.79. The van der Waals surface area contributed by atoms with Gasteiger partial charge in [0.2, 0.25) is 0 Å². The molecule has 2 rings (SSSR count). The molecule has 0 unspecified atom stereocenters. The average molecular weight is 300 g/mol. The van der Waals surface area contributed by atoms with Crippen LogP contribution in [0.1, 0.15) is 19.3 Å².